The third-order valence-electron chi connectivity index (χ3n) is 4.28. The Bertz CT molecular complexity index is 643. The lowest BCUT2D eigenvalue weighted by Gasteiger charge is -2.33. The molecule has 1 atom stereocenters. The van der Waals surface area contributed by atoms with Crippen LogP contribution in [0.3, 0.4) is 0 Å². The minimum atomic E-state index is -3.24. The Morgan fingerprint density at radius 2 is 2.00 bits per heavy atom. The second-order valence-corrected chi connectivity index (χ2v) is 7.95. The summed E-state index contributed by atoms with van der Waals surface area (Å²) in [5.74, 6) is 0.457. The first kappa shape index (κ1) is 17.7. The minimum Gasteiger partial charge on any atom is -0.497 e. The lowest BCUT2D eigenvalue weighted by molar-refractivity contribution is -0.123. The third-order valence-corrected chi connectivity index (χ3v) is 6.13. The number of piperidine rings is 1. The number of carbonyl (C=O) groups is 1. The van der Waals surface area contributed by atoms with Crippen molar-refractivity contribution in [1.29, 1.82) is 0 Å². The maximum atomic E-state index is 12.7. The van der Waals surface area contributed by atoms with Crippen LogP contribution in [-0.4, -0.2) is 51.6 Å². The van der Waals surface area contributed by atoms with E-state index in [9.17, 15) is 13.2 Å². The van der Waals surface area contributed by atoms with Crippen LogP contribution in [0.15, 0.2) is 24.3 Å². The molecule has 1 aliphatic rings. The second kappa shape index (κ2) is 7.31. The number of sulfonamides is 1. The fourth-order valence-corrected chi connectivity index (χ4v) is 3.97. The summed E-state index contributed by atoms with van der Waals surface area (Å²) in [6.45, 7) is 2.41. The van der Waals surface area contributed by atoms with Crippen LogP contribution >= 0.6 is 0 Å². The fourth-order valence-electron chi connectivity index (χ4n) is 2.79. The zero-order chi connectivity index (χ0) is 17.0. The van der Waals surface area contributed by atoms with Crippen LogP contribution in [0, 0.1) is 5.92 Å². The van der Waals surface area contributed by atoms with E-state index in [1.54, 1.807) is 38.1 Å². The molecule has 1 aliphatic heterocycles. The van der Waals surface area contributed by atoms with Crippen molar-refractivity contribution in [2.75, 3.05) is 37.9 Å². The molecule has 1 aromatic carbocycles. The Labute approximate surface area is 138 Å². The Balaban J connectivity index is 2.09. The summed E-state index contributed by atoms with van der Waals surface area (Å²) in [5.41, 5.74) is 0.770. The predicted molar refractivity (Wildman–Crippen MR) is 90.2 cm³/mol. The van der Waals surface area contributed by atoms with Crippen molar-refractivity contribution in [3.05, 3.63) is 24.3 Å². The van der Waals surface area contributed by atoms with Crippen LogP contribution in [0.2, 0.25) is 0 Å². The van der Waals surface area contributed by atoms with Gasteiger partial charge >= 0.3 is 0 Å². The van der Waals surface area contributed by atoms with Crippen LogP contribution in [0.4, 0.5) is 5.69 Å². The van der Waals surface area contributed by atoms with E-state index in [0.717, 1.165) is 17.9 Å². The fraction of sp³-hybridized carbons (Fsp3) is 0.562. The Morgan fingerprint density at radius 3 is 2.57 bits per heavy atom. The summed E-state index contributed by atoms with van der Waals surface area (Å²) in [5, 5.41) is 0. The Kier molecular flexibility index (Phi) is 5.64. The number of rotatable bonds is 5. The van der Waals surface area contributed by atoms with E-state index in [-0.39, 0.29) is 24.1 Å². The monoisotopic (exact) mass is 340 g/mol. The van der Waals surface area contributed by atoms with Crippen LogP contribution in [0.25, 0.3) is 0 Å². The molecule has 0 aliphatic carbocycles. The Hall–Kier alpha value is -1.60. The average Bonchev–Trinajstić information content (AvgIpc) is 2.60. The molecule has 0 saturated carbocycles. The number of hydrogen-bond donors (Lipinski definition) is 0. The molecule has 128 valence electrons. The standard InChI is InChI=1S/C16H24N2O4S/c1-4-23(20,21)18-11-5-6-13(12-18)16(19)17(2)14-7-9-15(22-3)10-8-14/h7-10,13H,4-6,11-12H2,1-3H3/t13-/m1/s1. The van der Waals surface area contributed by atoms with Gasteiger partial charge in [0, 0.05) is 25.8 Å². The van der Waals surface area contributed by atoms with Crippen molar-refractivity contribution in [3.8, 4) is 5.75 Å². The SMILES string of the molecule is CCS(=O)(=O)N1CCC[C@@H](C(=O)N(C)c2ccc(OC)cc2)C1. The van der Waals surface area contributed by atoms with Gasteiger partial charge in [-0.25, -0.2) is 12.7 Å². The number of hydrogen-bond acceptors (Lipinski definition) is 4. The average molecular weight is 340 g/mol. The smallest absolute Gasteiger partial charge is 0.231 e. The van der Waals surface area contributed by atoms with Gasteiger partial charge in [-0.15, -0.1) is 0 Å². The molecular weight excluding hydrogens is 316 g/mol. The molecule has 6 nitrogen and oxygen atoms in total. The van der Waals surface area contributed by atoms with Gasteiger partial charge in [-0.1, -0.05) is 0 Å². The summed E-state index contributed by atoms with van der Waals surface area (Å²) in [6, 6.07) is 7.24. The number of ether oxygens (including phenoxy) is 1. The van der Waals surface area contributed by atoms with Crippen LogP contribution in [0.5, 0.6) is 5.75 Å². The van der Waals surface area contributed by atoms with Crippen molar-refractivity contribution in [2.24, 2.45) is 5.92 Å². The van der Waals surface area contributed by atoms with Gasteiger partial charge in [0.15, 0.2) is 0 Å². The highest BCUT2D eigenvalue weighted by Gasteiger charge is 2.33. The van der Waals surface area contributed by atoms with E-state index in [0.29, 0.717) is 13.0 Å². The molecule has 1 saturated heterocycles. The molecule has 1 amide bonds. The summed E-state index contributed by atoms with van der Waals surface area (Å²) < 4.78 is 30.6. The highest BCUT2D eigenvalue weighted by Crippen LogP contribution is 2.24. The number of anilines is 1. The van der Waals surface area contributed by atoms with Crippen molar-refractivity contribution in [3.63, 3.8) is 0 Å². The predicted octanol–water partition coefficient (Wildman–Crippen LogP) is 1.72. The molecule has 1 heterocycles. The first-order valence-corrected chi connectivity index (χ1v) is 9.39. The minimum absolute atomic E-state index is 0.0498. The van der Waals surface area contributed by atoms with E-state index >= 15 is 0 Å². The third kappa shape index (κ3) is 4.03. The van der Waals surface area contributed by atoms with Crippen LogP contribution in [0.1, 0.15) is 19.8 Å². The van der Waals surface area contributed by atoms with Crippen molar-refractivity contribution < 1.29 is 17.9 Å². The molecule has 0 unspecified atom stereocenters. The van der Waals surface area contributed by atoms with Gasteiger partial charge in [-0.2, -0.15) is 0 Å². The molecule has 0 N–H and O–H groups in total. The van der Waals surface area contributed by atoms with Gasteiger partial charge in [0.1, 0.15) is 5.75 Å². The van der Waals surface area contributed by atoms with Gasteiger partial charge in [0.05, 0.1) is 18.8 Å². The molecule has 0 spiro atoms. The number of carbonyl (C=O) groups excluding carboxylic acids is 1. The molecule has 1 fully saturated rings. The van der Waals surface area contributed by atoms with E-state index in [1.165, 1.54) is 4.31 Å². The second-order valence-electron chi connectivity index (χ2n) is 5.69. The number of benzene rings is 1. The molecule has 0 bridgehead atoms. The van der Waals surface area contributed by atoms with Crippen molar-refractivity contribution in [1.82, 2.24) is 4.31 Å². The molecule has 1 aromatic rings. The van der Waals surface area contributed by atoms with Crippen LogP contribution in [-0.2, 0) is 14.8 Å². The van der Waals surface area contributed by atoms with E-state index < -0.39 is 10.0 Å². The maximum absolute atomic E-state index is 12.7. The quantitative estimate of drug-likeness (QED) is 0.818. The van der Waals surface area contributed by atoms with E-state index in [1.807, 2.05) is 12.1 Å². The van der Waals surface area contributed by atoms with Gasteiger partial charge in [-0.3, -0.25) is 4.79 Å². The molecule has 23 heavy (non-hydrogen) atoms. The van der Waals surface area contributed by atoms with Gasteiger partial charge in [0.2, 0.25) is 15.9 Å². The highest BCUT2D eigenvalue weighted by molar-refractivity contribution is 7.89. The largest absolute Gasteiger partial charge is 0.497 e. The van der Waals surface area contributed by atoms with Gasteiger partial charge in [-0.05, 0) is 44.0 Å². The Morgan fingerprint density at radius 1 is 1.35 bits per heavy atom. The molecule has 2 rings (SSSR count). The lowest BCUT2D eigenvalue weighted by atomic mass is 9.98. The molecule has 0 radical (unpaired) electrons. The summed E-state index contributed by atoms with van der Waals surface area (Å²) >= 11 is 0. The lowest BCUT2D eigenvalue weighted by Crippen LogP contribution is -2.46. The zero-order valence-electron chi connectivity index (χ0n) is 13.9. The normalized spacial score (nSPS) is 19.3. The zero-order valence-corrected chi connectivity index (χ0v) is 14.7. The highest BCUT2D eigenvalue weighted by atomic mass is 32.2. The van der Waals surface area contributed by atoms with E-state index in [4.69, 9.17) is 4.74 Å². The number of nitrogens with zero attached hydrogens (tertiary/aromatic N) is 2. The van der Waals surface area contributed by atoms with Gasteiger partial charge < -0.3 is 9.64 Å². The summed E-state index contributed by atoms with van der Waals surface area (Å²) in [6.07, 6.45) is 1.43. The van der Waals surface area contributed by atoms with Gasteiger partial charge in [0.25, 0.3) is 0 Å². The topological polar surface area (TPSA) is 66.9 Å². The summed E-state index contributed by atoms with van der Waals surface area (Å²) in [7, 11) is 0.0706. The molecular formula is C16H24N2O4S. The number of methoxy groups -OCH3 is 1. The first-order valence-electron chi connectivity index (χ1n) is 7.78. The van der Waals surface area contributed by atoms with Crippen molar-refractivity contribution >= 4 is 21.6 Å². The van der Waals surface area contributed by atoms with Crippen LogP contribution < -0.4 is 9.64 Å². The number of amides is 1. The molecule has 7 heteroatoms. The maximum Gasteiger partial charge on any atom is 0.231 e. The van der Waals surface area contributed by atoms with Crippen molar-refractivity contribution in [2.45, 2.75) is 19.8 Å². The molecule has 0 aromatic heterocycles. The van der Waals surface area contributed by atoms with E-state index in [2.05, 4.69) is 0 Å². The first-order chi connectivity index (χ1) is 10.9. The summed E-state index contributed by atoms with van der Waals surface area (Å²) in [4.78, 5) is 14.3.